The van der Waals surface area contributed by atoms with Crippen molar-refractivity contribution in [3.63, 3.8) is 0 Å². The van der Waals surface area contributed by atoms with Crippen LogP contribution in [-0.4, -0.2) is 45.9 Å². The quantitative estimate of drug-likeness (QED) is 0.790. The van der Waals surface area contributed by atoms with Crippen LogP contribution in [0.25, 0.3) is 0 Å². The summed E-state index contributed by atoms with van der Waals surface area (Å²) in [5, 5.41) is 3.61. The predicted molar refractivity (Wildman–Crippen MR) is 75.2 cm³/mol. The van der Waals surface area contributed by atoms with Gasteiger partial charge in [-0.25, -0.2) is 9.59 Å². The molecule has 22 heavy (non-hydrogen) atoms. The highest BCUT2D eigenvalue weighted by Gasteiger charge is 2.37. The fraction of sp³-hybridized carbons (Fsp3) is 0.714. The van der Waals surface area contributed by atoms with Crippen LogP contribution in [0, 0.1) is 0 Å². The van der Waals surface area contributed by atoms with E-state index in [0.717, 1.165) is 6.42 Å². The summed E-state index contributed by atoms with van der Waals surface area (Å²) in [6.07, 6.45) is 1.07. The van der Waals surface area contributed by atoms with E-state index >= 15 is 0 Å². The third kappa shape index (κ3) is 3.75. The van der Waals surface area contributed by atoms with E-state index in [4.69, 9.17) is 14.0 Å². The molecule has 8 nitrogen and oxygen atoms in total. The van der Waals surface area contributed by atoms with Gasteiger partial charge in [-0.15, -0.1) is 0 Å². The van der Waals surface area contributed by atoms with E-state index < -0.39 is 17.7 Å². The first kappa shape index (κ1) is 16.3. The number of rotatable bonds is 3. The molecule has 1 amide bonds. The summed E-state index contributed by atoms with van der Waals surface area (Å²) in [7, 11) is 0. The Labute approximate surface area is 128 Å². The monoisotopic (exact) mass is 311 g/mol. The molecule has 0 aliphatic carbocycles. The minimum absolute atomic E-state index is 0.132. The van der Waals surface area contributed by atoms with Crippen molar-refractivity contribution >= 4 is 12.1 Å². The van der Waals surface area contributed by atoms with Crippen LogP contribution in [0.4, 0.5) is 4.79 Å². The van der Waals surface area contributed by atoms with Gasteiger partial charge in [-0.05, 0) is 45.7 Å². The summed E-state index contributed by atoms with van der Waals surface area (Å²) in [5.74, 6) is -0.543. The summed E-state index contributed by atoms with van der Waals surface area (Å²) in [4.78, 5) is 29.4. The van der Waals surface area contributed by atoms with Crippen molar-refractivity contribution in [1.82, 2.24) is 15.0 Å². The third-order valence-electron chi connectivity index (χ3n) is 3.07. The molecule has 2 heterocycles. The van der Waals surface area contributed by atoms with Crippen LogP contribution >= 0.6 is 0 Å². The molecule has 1 saturated heterocycles. The number of hydrogen-bond donors (Lipinski definition) is 0. The fourth-order valence-corrected chi connectivity index (χ4v) is 2.21. The van der Waals surface area contributed by atoms with Gasteiger partial charge < -0.3 is 14.0 Å². The zero-order valence-electron chi connectivity index (χ0n) is 13.3. The zero-order valence-corrected chi connectivity index (χ0v) is 13.3. The number of esters is 1. The lowest BCUT2D eigenvalue weighted by atomic mass is 10.2. The van der Waals surface area contributed by atoms with Crippen molar-refractivity contribution in [3.8, 4) is 0 Å². The van der Waals surface area contributed by atoms with E-state index in [1.54, 1.807) is 11.8 Å². The molecule has 8 heteroatoms. The first-order valence-electron chi connectivity index (χ1n) is 7.32. The van der Waals surface area contributed by atoms with Gasteiger partial charge in [0.1, 0.15) is 11.6 Å². The number of carbonyl (C=O) groups excluding carboxylic acids is 2. The molecule has 1 aromatic rings. The predicted octanol–water partition coefficient (Wildman–Crippen LogP) is 2.32. The number of hydrogen-bond acceptors (Lipinski definition) is 7. The minimum Gasteiger partial charge on any atom is -0.460 e. The van der Waals surface area contributed by atoms with E-state index in [0.29, 0.717) is 13.0 Å². The third-order valence-corrected chi connectivity index (χ3v) is 3.07. The molecule has 2 rings (SSSR count). The van der Waals surface area contributed by atoms with E-state index in [-0.39, 0.29) is 24.4 Å². The average Bonchev–Trinajstić information content (AvgIpc) is 3.06. The van der Waals surface area contributed by atoms with Crippen LogP contribution in [0.15, 0.2) is 4.52 Å². The molecule has 1 aliphatic heterocycles. The van der Waals surface area contributed by atoms with Crippen LogP contribution in [0.2, 0.25) is 0 Å². The smallest absolute Gasteiger partial charge is 0.410 e. The van der Waals surface area contributed by atoms with E-state index in [9.17, 15) is 9.59 Å². The molecule has 0 bridgehead atoms. The summed E-state index contributed by atoms with van der Waals surface area (Å²) in [6.45, 7) is 7.90. The van der Waals surface area contributed by atoms with Gasteiger partial charge in [0, 0.05) is 6.54 Å². The zero-order chi connectivity index (χ0) is 16.3. The second-order valence-electron chi connectivity index (χ2n) is 6.01. The van der Waals surface area contributed by atoms with Crippen molar-refractivity contribution in [2.75, 3.05) is 13.2 Å². The Morgan fingerprint density at radius 1 is 1.41 bits per heavy atom. The molecule has 122 valence electrons. The Morgan fingerprint density at radius 2 is 2.14 bits per heavy atom. The van der Waals surface area contributed by atoms with E-state index in [2.05, 4.69) is 10.1 Å². The summed E-state index contributed by atoms with van der Waals surface area (Å²) in [5.41, 5.74) is -0.574. The number of amides is 1. The lowest BCUT2D eigenvalue weighted by Gasteiger charge is -2.26. The summed E-state index contributed by atoms with van der Waals surface area (Å²) in [6, 6.07) is -0.370. The van der Waals surface area contributed by atoms with Crippen LogP contribution in [-0.2, 0) is 9.47 Å². The molecule has 1 unspecified atom stereocenters. The Bertz CT molecular complexity index is 549. The number of aromatic nitrogens is 2. The average molecular weight is 311 g/mol. The van der Waals surface area contributed by atoms with Gasteiger partial charge in [0.2, 0.25) is 5.89 Å². The molecule has 0 radical (unpaired) electrons. The molecule has 1 fully saturated rings. The van der Waals surface area contributed by atoms with Crippen molar-refractivity contribution in [2.45, 2.75) is 52.2 Å². The Balaban J connectivity index is 2.10. The summed E-state index contributed by atoms with van der Waals surface area (Å²) >= 11 is 0. The molecule has 0 saturated carbocycles. The fourth-order valence-electron chi connectivity index (χ4n) is 2.21. The molecule has 1 aliphatic rings. The second kappa shape index (κ2) is 6.33. The highest BCUT2D eigenvalue weighted by atomic mass is 16.6. The van der Waals surface area contributed by atoms with Crippen LogP contribution in [0.5, 0.6) is 0 Å². The number of likely N-dealkylation sites (tertiary alicyclic amines) is 1. The van der Waals surface area contributed by atoms with E-state index in [1.165, 1.54) is 0 Å². The van der Waals surface area contributed by atoms with Gasteiger partial charge in [-0.2, -0.15) is 4.98 Å². The highest BCUT2D eigenvalue weighted by molar-refractivity contribution is 5.84. The van der Waals surface area contributed by atoms with E-state index in [1.807, 2.05) is 20.8 Å². The Morgan fingerprint density at radius 3 is 2.77 bits per heavy atom. The van der Waals surface area contributed by atoms with Crippen LogP contribution < -0.4 is 0 Å². The lowest BCUT2D eigenvalue weighted by molar-refractivity contribution is 0.0199. The first-order chi connectivity index (χ1) is 10.3. The molecular formula is C14H21N3O5. The van der Waals surface area contributed by atoms with Gasteiger partial charge in [0.05, 0.1) is 6.61 Å². The Hall–Kier alpha value is -2.12. The topological polar surface area (TPSA) is 94.8 Å². The maximum absolute atomic E-state index is 12.2. The van der Waals surface area contributed by atoms with Crippen LogP contribution in [0.3, 0.4) is 0 Å². The van der Waals surface area contributed by atoms with Crippen molar-refractivity contribution in [3.05, 3.63) is 11.7 Å². The van der Waals surface area contributed by atoms with Gasteiger partial charge in [-0.1, -0.05) is 0 Å². The minimum atomic E-state index is -0.640. The SMILES string of the molecule is CCOC(=O)c1noc(C2CCCN2C(=O)OC(C)(C)C)n1. The molecule has 1 aromatic heterocycles. The highest BCUT2D eigenvalue weighted by Crippen LogP contribution is 2.32. The second-order valence-corrected chi connectivity index (χ2v) is 6.01. The maximum atomic E-state index is 12.2. The maximum Gasteiger partial charge on any atom is 0.410 e. The van der Waals surface area contributed by atoms with Crippen molar-refractivity contribution in [2.24, 2.45) is 0 Å². The Kier molecular flexibility index (Phi) is 4.68. The van der Waals surface area contributed by atoms with Gasteiger partial charge in [0.25, 0.3) is 5.82 Å². The molecular weight excluding hydrogens is 290 g/mol. The molecule has 0 spiro atoms. The van der Waals surface area contributed by atoms with Crippen molar-refractivity contribution in [1.29, 1.82) is 0 Å². The molecule has 0 N–H and O–H groups in total. The largest absolute Gasteiger partial charge is 0.460 e. The normalized spacial score (nSPS) is 18.4. The van der Waals surface area contributed by atoms with Crippen LogP contribution in [0.1, 0.15) is 63.1 Å². The number of ether oxygens (including phenoxy) is 2. The van der Waals surface area contributed by atoms with Gasteiger partial charge >= 0.3 is 12.1 Å². The summed E-state index contributed by atoms with van der Waals surface area (Å²) < 4.78 is 15.3. The van der Waals surface area contributed by atoms with Crippen molar-refractivity contribution < 1.29 is 23.6 Å². The molecule has 1 atom stereocenters. The molecule has 0 aromatic carbocycles. The standard InChI is InChI=1S/C14H21N3O5/c1-5-20-12(18)10-15-11(22-16-10)9-7-6-8-17(9)13(19)21-14(2,3)4/h9H,5-8H2,1-4H3. The lowest BCUT2D eigenvalue weighted by Crippen LogP contribution is -2.36. The first-order valence-corrected chi connectivity index (χ1v) is 7.32. The van der Waals surface area contributed by atoms with Gasteiger partial charge in [0.15, 0.2) is 0 Å². The van der Waals surface area contributed by atoms with Gasteiger partial charge in [-0.3, -0.25) is 4.90 Å². The number of nitrogens with zero attached hydrogens (tertiary/aromatic N) is 3. The number of carbonyl (C=O) groups is 2.